The van der Waals surface area contributed by atoms with Crippen molar-refractivity contribution < 1.29 is 14.9 Å². The van der Waals surface area contributed by atoms with Crippen molar-refractivity contribution in [3.63, 3.8) is 0 Å². The molecule has 0 radical (unpaired) electrons. The van der Waals surface area contributed by atoms with Gasteiger partial charge in [0.2, 0.25) is 5.95 Å². The molecule has 0 aliphatic carbocycles. The summed E-state index contributed by atoms with van der Waals surface area (Å²) in [7, 11) is 0. The SMILES string of the molecule is Nc1nc2c(sc(=O)n2C2OC(CO)C[C@H]2O)c(=O)[nH]1. The van der Waals surface area contributed by atoms with Gasteiger partial charge in [-0.1, -0.05) is 11.3 Å². The summed E-state index contributed by atoms with van der Waals surface area (Å²) < 4.78 is 6.63. The fourth-order valence-electron chi connectivity index (χ4n) is 2.25. The second-order valence-corrected chi connectivity index (χ2v) is 5.44. The molecule has 20 heavy (non-hydrogen) atoms. The second-order valence-electron chi connectivity index (χ2n) is 4.48. The van der Waals surface area contributed by atoms with Gasteiger partial charge in [-0.2, -0.15) is 4.98 Å². The van der Waals surface area contributed by atoms with Crippen LogP contribution in [-0.2, 0) is 4.74 Å². The molecule has 9 nitrogen and oxygen atoms in total. The van der Waals surface area contributed by atoms with Crippen molar-refractivity contribution in [1.82, 2.24) is 14.5 Å². The maximum atomic E-state index is 12.0. The van der Waals surface area contributed by atoms with Gasteiger partial charge < -0.3 is 20.7 Å². The Morgan fingerprint density at radius 1 is 1.55 bits per heavy atom. The number of fused-ring (bicyclic) bond motifs is 1. The van der Waals surface area contributed by atoms with Gasteiger partial charge in [0.1, 0.15) is 10.8 Å². The van der Waals surface area contributed by atoms with Crippen LogP contribution in [0.15, 0.2) is 9.59 Å². The van der Waals surface area contributed by atoms with Crippen LogP contribution in [0.25, 0.3) is 10.3 Å². The number of thiazole rings is 1. The molecular formula is C10H12N4O5S. The zero-order valence-electron chi connectivity index (χ0n) is 10.1. The van der Waals surface area contributed by atoms with Crippen LogP contribution < -0.4 is 16.2 Å². The molecule has 1 fully saturated rings. The third kappa shape index (κ3) is 1.93. The molecule has 108 valence electrons. The van der Waals surface area contributed by atoms with Crippen LogP contribution in [0.3, 0.4) is 0 Å². The number of hydrogen-bond acceptors (Lipinski definition) is 8. The van der Waals surface area contributed by atoms with Crippen molar-refractivity contribution in [1.29, 1.82) is 0 Å². The van der Waals surface area contributed by atoms with E-state index in [9.17, 15) is 14.7 Å². The van der Waals surface area contributed by atoms with Crippen LogP contribution in [0.2, 0.25) is 0 Å². The number of anilines is 1. The maximum Gasteiger partial charge on any atom is 0.311 e. The normalized spacial score (nSPS) is 26.4. The number of H-pyrrole nitrogens is 1. The Balaban J connectivity index is 2.19. The van der Waals surface area contributed by atoms with Crippen molar-refractivity contribution in [2.24, 2.45) is 0 Å². The Labute approximate surface area is 115 Å². The maximum absolute atomic E-state index is 12.0. The Kier molecular flexibility index (Phi) is 3.09. The molecule has 3 heterocycles. The molecule has 1 saturated heterocycles. The second kappa shape index (κ2) is 4.66. The number of ether oxygens (including phenoxy) is 1. The van der Waals surface area contributed by atoms with Crippen LogP contribution in [0.5, 0.6) is 0 Å². The average molecular weight is 300 g/mol. The van der Waals surface area contributed by atoms with Crippen LogP contribution >= 0.6 is 11.3 Å². The Hall–Kier alpha value is -1.75. The molecular weight excluding hydrogens is 288 g/mol. The predicted octanol–water partition coefficient (Wildman–Crippen LogP) is -1.63. The first-order valence-electron chi connectivity index (χ1n) is 5.86. The van der Waals surface area contributed by atoms with Crippen molar-refractivity contribution in [2.45, 2.75) is 24.9 Å². The number of nitrogens with two attached hydrogens (primary N) is 1. The molecule has 2 aromatic rings. The lowest BCUT2D eigenvalue weighted by Crippen LogP contribution is -2.27. The van der Waals surface area contributed by atoms with Gasteiger partial charge in [0.25, 0.3) is 5.56 Å². The van der Waals surface area contributed by atoms with Gasteiger partial charge in [-0.15, -0.1) is 0 Å². The lowest BCUT2D eigenvalue weighted by Gasteiger charge is -2.15. The summed E-state index contributed by atoms with van der Waals surface area (Å²) in [5.41, 5.74) is 5.03. The van der Waals surface area contributed by atoms with Crippen molar-refractivity contribution in [3.05, 3.63) is 20.0 Å². The number of nitrogens with one attached hydrogen (secondary N) is 1. The first-order chi connectivity index (χ1) is 9.51. The molecule has 0 amide bonds. The third-order valence-corrected chi connectivity index (χ3v) is 4.06. The molecule has 0 aromatic carbocycles. The van der Waals surface area contributed by atoms with Crippen molar-refractivity contribution >= 4 is 27.6 Å². The predicted molar refractivity (Wildman–Crippen MR) is 70.5 cm³/mol. The minimum Gasteiger partial charge on any atom is -0.394 e. The fourth-order valence-corrected chi connectivity index (χ4v) is 3.09. The highest BCUT2D eigenvalue weighted by Crippen LogP contribution is 2.30. The van der Waals surface area contributed by atoms with Gasteiger partial charge in [-0.25, -0.2) is 0 Å². The lowest BCUT2D eigenvalue weighted by molar-refractivity contribution is -0.0495. The summed E-state index contributed by atoms with van der Waals surface area (Å²) >= 11 is 0.704. The van der Waals surface area contributed by atoms with E-state index in [0.29, 0.717) is 11.3 Å². The molecule has 0 spiro atoms. The lowest BCUT2D eigenvalue weighted by atomic mass is 10.2. The quantitative estimate of drug-likeness (QED) is 0.521. The van der Waals surface area contributed by atoms with Gasteiger partial charge in [0.05, 0.1) is 12.7 Å². The number of rotatable bonds is 2. The van der Waals surface area contributed by atoms with Gasteiger partial charge in [0.15, 0.2) is 11.9 Å². The zero-order valence-corrected chi connectivity index (χ0v) is 11.0. The van der Waals surface area contributed by atoms with E-state index in [0.717, 1.165) is 4.57 Å². The van der Waals surface area contributed by atoms with E-state index in [2.05, 4.69) is 9.97 Å². The standard InChI is InChI=1S/C10H12N4O5S/c11-9-12-6-5(7(17)13-9)20-10(18)14(6)8-4(16)1-3(2-15)19-8/h3-4,8,15-16H,1-2H2,(H3,11,12,13,17)/t3?,4-,8?/m1/s1. The van der Waals surface area contributed by atoms with Crippen molar-refractivity contribution in [2.75, 3.05) is 12.3 Å². The highest BCUT2D eigenvalue weighted by atomic mass is 32.1. The molecule has 2 aromatic heterocycles. The highest BCUT2D eigenvalue weighted by molar-refractivity contribution is 7.16. The monoisotopic (exact) mass is 300 g/mol. The minimum absolute atomic E-state index is 0.0730. The van der Waals surface area contributed by atoms with E-state index >= 15 is 0 Å². The van der Waals surface area contributed by atoms with E-state index in [-0.39, 0.29) is 29.3 Å². The fraction of sp³-hybridized carbons (Fsp3) is 0.500. The Morgan fingerprint density at radius 3 is 2.95 bits per heavy atom. The highest BCUT2D eigenvalue weighted by Gasteiger charge is 2.37. The number of aromatic nitrogens is 3. The van der Waals surface area contributed by atoms with Gasteiger partial charge in [0, 0.05) is 6.42 Å². The number of aliphatic hydroxyl groups excluding tert-OH is 2. The van der Waals surface area contributed by atoms with Crippen LogP contribution in [-0.4, -0.2) is 43.6 Å². The number of hydrogen-bond donors (Lipinski definition) is 4. The van der Waals surface area contributed by atoms with Crippen LogP contribution in [0.1, 0.15) is 12.6 Å². The molecule has 10 heteroatoms. The molecule has 0 saturated carbocycles. The zero-order chi connectivity index (χ0) is 14.4. The number of aliphatic hydroxyl groups is 2. The first-order valence-corrected chi connectivity index (χ1v) is 6.68. The molecule has 0 bridgehead atoms. The molecule has 1 aliphatic heterocycles. The summed E-state index contributed by atoms with van der Waals surface area (Å²) in [5, 5.41) is 19.0. The topological polar surface area (TPSA) is 143 Å². The first kappa shape index (κ1) is 13.2. The summed E-state index contributed by atoms with van der Waals surface area (Å²) in [6, 6.07) is 0. The van der Waals surface area contributed by atoms with E-state index in [4.69, 9.17) is 15.6 Å². The number of nitrogen functional groups attached to an aromatic ring is 1. The molecule has 2 unspecified atom stereocenters. The smallest absolute Gasteiger partial charge is 0.311 e. The Bertz CT molecular complexity index is 765. The number of aromatic amines is 1. The largest absolute Gasteiger partial charge is 0.394 e. The van der Waals surface area contributed by atoms with E-state index < -0.39 is 28.9 Å². The number of nitrogens with zero attached hydrogens (tertiary/aromatic N) is 2. The van der Waals surface area contributed by atoms with Crippen molar-refractivity contribution in [3.8, 4) is 0 Å². The summed E-state index contributed by atoms with van der Waals surface area (Å²) in [5.74, 6) is -0.125. The van der Waals surface area contributed by atoms with Crippen LogP contribution in [0.4, 0.5) is 5.95 Å². The summed E-state index contributed by atoms with van der Waals surface area (Å²) in [6.45, 7) is -0.263. The average Bonchev–Trinajstić information content (AvgIpc) is 2.89. The van der Waals surface area contributed by atoms with E-state index in [1.807, 2.05) is 0 Å². The molecule has 5 N–H and O–H groups in total. The van der Waals surface area contributed by atoms with Crippen LogP contribution in [0, 0.1) is 0 Å². The Morgan fingerprint density at radius 2 is 2.30 bits per heavy atom. The third-order valence-electron chi connectivity index (χ3n) is 3.12. The van der Waals surface area contributed by atoms with Gasteiger partial charge in [-0.05, 0) is 0 Å². The molecule has 3 rings (SSSR count). The van der Waals surface area contributed by atoms with Gasteiger partial charge in [-0.3, -0.25) is 19.1 Å². The van der Waals surface area contributed by atoms with E-state index in [1.165, 1.54) is 0 Å². The molecule has 3 atom stereocenters. The minimum atomic E-state index is -0.984. The molecule has 1 aliphatic rings. The van der Waals surface area contributed by atoms with E-state index in [1.54, 1.807) is 0 Å². The van der Waals surface area contributed by atoms with Gasteiger partial charge >= 0.3 is 4.87 Å². The summed E-state index contributed by atoms with van der Waals surface area (Å²) in [6.07, 6.45) is -2.31. The summed E-state index contributed by atoms with van der Waals surface area (Å²) in [4.78, 5) is 29.5.